The number of ether oxygens (including phenoxy) is 1. The smallest absolute Gasteiger partial charge is 0.240 e. The molecule has 186 valence electrons. The number of para-hydroxylation sites is 1. The Hall–Kier alpha value is -3.71. The Balaban J connectivity index is 1.49. The highest BCUT2D eigenvalue weighted by Crippen LogP contribution is 2.50. The van der Waals surface area contributed by atoms with Gasteiger partial charge in [0, 0.05) is 11.3 Å². The van der Waals surface area contributed by atoms with E-state index in [1.54, 1.807) is 25.3 Å². The lowest BCUT2D eigenvalue weighted by Gasteiger charge is -2.36. The van der Waals surface area contributed by atoms with Crippen molar-refractivity contribution in [1.29, 1.82) is 0 Å². The highest BCUT2D eigenvalue weighted by Gasteiger charge is 2.64. The number of fused-ring (bicyclic) bond motifs is 5. The van der Waals surface area contributed by atoms with Crippen LogP contribution >= 0.6 is 15.9 Å². The van der Waals surface area contributed by atoms with E-state index in [-0.39, 0.29) is 17.6 Å². The Kier molecular flexibility index (Phi) is 5.57. The van der Waals surface area contributed by atoms with Gasteiger partial charge in [-0.05, 0) is 71.2 Å². The molecule has 0 N–H and O–H groups in total. The molecule has 0 radical (unpaired) electrons. The van der Waals surface area contributed by atoms with Gasteiger partial charge in [-0.25, -0.2) is 4.90 Å². The minimum Gasteiger partial charge on any atom is -0.496 e. The van der Waals surface area contributed by atoms with E-state index in [0.29, 0.717) is 21.5 Å². The second-order valence-electron chi connectivity index (χ2n) is 9.83. The topological polar surface area (TPSA) is 66.9 Å². The van der Waals surface area contributed by atoms with Crippen LogP contribution in [-0.2, 0) is 9.59 Å². The number of methoxy groups -OCH3 is 1. The zero-order valence-corrected chi connectivity index (χ0v) is 22.2. The minimum absolute atomic E-state index is 0.199. The number of hydrogen-bond donors (Lipinski definition) is 0. The molecule has 2 saturated heterocycles. The number of Topliss-reactive ketones (excluding diaryl/α,β-unsaturated/α-hetero) is 1. The lowest BCUT2D eigenvalue weighted by atomic mass is 9.86. The van der Waals surface area contributed by atoms with E-state index in [1.165, 1.54) is 4.90 Å². The SMILES string of the molecule is COc1ccc(C(=O)[C@@H]2[C@@H]3C(=O)N(c4ccc(C)cc4C)C(=O)[C@H]3[C@@H]3C=Cc4ccccc4N23)cc1Br. The van der Waals surface area contributed by atoms with Crippen molar-refractivity contribution in [2.75, 3.05) is 16.9 Å². The van der Waals surface area contributed by atoms with E-state index in [2.05, 4.69) is 15.9 Å². The number of anilines is 2. The number of aryl methyl sites for hydroxylation is 2. The largest absolute Gasteiger partial charge is 0.496 e. The molecule has 7 heteroatoms. The first kappa shape index (κ1) is 23.7. The first-order valence-corrected chi connectivity index (χ1v) is 13.0. The van der Waals surface area contributed by atoms with Gasteiger partial charge in [0.2, 0.25) is 11.8 Å². The summed E-state index contributed by atoms with van der Waals surface area (Å²) in [4.78, 5) is 45.5. The summed E-state index contributed by atoms with van der Waals surface area (Å²) in [6, 6.07) is 17.4. The summed E-state index contributed by atoms with van der Waals surface area (Å²) in [7, 11) is 1.56. The molecule has 3 aromatic rings. The van der Waals surface area contributed by atoms with Crippen LogP contribution in [0.4, 0.5) is 11.4 Å². The number of carbonyl (C=O) groups is 3. The summed E-state index contributed by atoms with van der Waals surface area (Å²) >= 11 is 3.48. The first-order chi connectivity index (χ1) is 17.8. The summed E-state index contributed by atoms with van der Waals surface area (Å²) in [5, 5.41) is 0. The number of amides is 2. The summed E-state index contributed by atoms with van der Waals surface area (Å²) in [5.41, 5.74) is 4.75. The number of rotatable bonds is 4. The molecule has 3 heterocycles. The van der Waals surface area contributed by atoms with Gasteiger partial charge in [0.25, 0.3) is 0 Å². The molecule has 0 spiro atoms. The zero-order chi connectivity index (χ0) is 26.0. The standard InChI is InChI=1S/C30H25BrN2O4/c1-16-8-11-21(17(2)14-16)33-29(35)25-23-12-9-18-6-4-5-7-22(18)32(23)27(26(25)30(33)36)28(34)19-10-13-24(37-3)20(31)15-19/h4-15,23,25-27H,1-3H3/t23-,25-,26+,27-/m0/s1. The first-order valence-electron chi connectivity index (χ1n) is 12.2. The van der Waals surface area contributed by atoms with Crippen LogP contribution < -0.4 is 14.5 Å². The van der Waals surface area contributed by atoms with Gasteiger partial charge in [-0.2, -0.15) is 0 Å². The number of halogens is 1. The maximum absolute atomic E-state index is 14.2. The van der Waals surface area contributed by atoms with Crippen LogP contribution in [0, 0.1) is 25.7 Å². The number of benzene rings is 3. The predicted octanol–water partition coefficient (Wildman–Crippen LogP) is 5.35. The molecule has 6 rings (SSSR count). The molecule has 2 amide bonds. The molecule has 0 aromatic heterocycles. The Morgan fingerprint density at radius 2 is 1.68 bits per heavy atom. The molecule has 4 atom stereocenters. The Bertz CT molecular complexity index is 1510. The van der Waals surface area contributed by atoms with Gasteiger partial charge in [-0.3, -0.25) is 14.4 Å². The van der Waals surface area contributed by atoms with E-state index >= 15 is 0 Å². The van der Waals surface area contributed by atoms with E-state index in [1.807, 2.05) is 73.4 Å². The molecule has 37 heavy (non-hydrogen) atoms. The third-order valence-corrected chi connectivity index (χ3v) is 8.33. The van der Waals surface area contributed by atoms with Gasteiger partial charge >= 0.3 is 0 Å². The molecule has 3 aromatic carbocycles. The minimum atomic E-state index is -0.825. The van der Waals surface area contributed by atoms with Gasteiger partial charge in [0.05, 0.1) is 35.1 Å². The fourth-order valence-corrected chi connectivity index (χ4v) is 6.64. The molecule has 0 bridgehead atoms. The van der Waals surface area contributed by atoms with Crippen molar-refractivity contribution in [3.05, 3.63) is 93.5 Å². The summed E-state index contributed by atoms with van der Waals surface area (Å²) in [6.45, 7) is 3.88. The third-order valence-electron chi connectivity index (χ3n) is 7.71. The second kappa shape index (κ2) is 8.70. The molecule has 2 fully saturated rings. The lowest BCUT2D eigenvalue weighted by molar-refractivity contribution is -0.122. The molecule has 0 aliphatic carbocycles. The highest BCUT2D eigenvalue weighted by molar-refractivity contribution is 9.10. The van der Waals surface area contributed by atoms with Gasteiger partial charge in [-0.15, -0.1) is 0 Å². The van der Waals surface area contributed by atoms with Crippen LogP contribution in [0.1, 0.15) is 27.0 Å². The number of nitrogens with zero attached hydrogens (tertiary/aromatic N) is 2. The van der Waals surface area contributed by atoms with Crippen molar-refractivity contribution < 1.29 is 19.1 Å². The normalized spacial score (nSPS) is 23.7. The molecule has 3 aliphatic rings. The molecule has 0 unspecified atom stereocenters. The van der Waals surface area contributed by atoms with Crippen LogP contribution in [0.15, 0.2) is 71.2 Å². The van der Waals surface area contributed by atoms with E-state index in [9.17, 15) is 14.4 Å². The maximum Gasteiger partial charge on any atom is 0.240 e. The summed E-state index contributed by atoms with van der Waals surface area (Å²) in [6.07, 6.45) is 3.95. The summed E-state index contributed by atoms with van der Waals surface area (Å²) < 4.78 is 5.99. The number of ketones is 1. The van der Waals surface area contributed by atoms with Crippen LogP contribution in [0.5, 0.6) is 5.75 Å². The van der Waals surface area contributed by atoms with E-state index < -0.39 is 23.9 Å². The van der Waals surface area contributed by atoms with Gasteiger partial charge in [0.15, 0.2) is 5.78 Å². The lowest BCUT2D eigenvalue weighted by Crippen LogP contribution is -2.49. The molecule has 6 nitrogen and oxygen atoms in total. The third kappa shape index (κ3) is 3.48. The van der Waals surface area contributed by atoms with Crippen molar-refractivity contribution in [3.63, 3.8) is 0 Å². The highest BCUT2D eigenvalue weighted by atomic mass is 79.9. The van der Waals surface area contributed by atoms with Crippen LogP contribution in [0.2, 0.25) is 0 Å². The Labute approximate surface area is 223 Å². The Morgan fingerprint density at radius 1 is 0.919 bits per heavy atom. The van der Waals surface area contributed by atoms with Gasteiger partial charge < -0.3 is 9.64 Å². The number of carbonyl (C=O) groups excluding carboxylic acids is 3. The van der Waals surface area contributed by atoms with E-state index in [0.717, 1.165) is 22.4 Å². The average molecular weight is 557 g/mol. The second-order valence-corrected chi connectivity index (χ2v) is 10.7. The van der Waals surface area contributed by atoms with Crippen LogP contribution in [-0.4, -0.2) is 36.8 Å². The quantitative estimate of drug-likeness (QED) is 0.320. The molecule has 0 saturated carbocycles. The van der Waals surface area contributed by atoms with Crippen LogP contribution in [0.25, 0.3) is 6.08 Å². The van der Waals surface area contributed by atoms with Gasteiger partial charge in [-0.1, -0.05) is 48.0 Å². The number of imide groups is 1. The van der Waals surface area contributed by atoms with Gasteiger partial charge in [0.1, 0.15) is 11.8 Å². The predicted molar refractivity (Wildman–Crippen MR) is 146 cm³/mol. The Morgan fingerprint density at radius 3 is 2.41 bits per heavy atom. The monoisotopic (exact) mass is 556 g/mol. The number of hydrogen-bond acceptors (Lipinski definition) is 5. The fraction of sp³-hybridized carbons (Fsp3) is 0.233. The van der Waals surface area contributed by atoms with Crippen molar-refractivity contribution in [3.8, 4) is 5.75 Å². The van der Waals surface area contributed by atoms with Crippen LogP contribution in [0.3, 0.4) is 0 Å². The molecule has 3 aliphatic heterocycles. The fourth-order valence-electron chi connectivity index (χ4n) is 6.10. The molecular formula is C30H25BrN2O4. The zero-order valence-electron chi connectivity index (χ0n) is 20.6. The van der Waals surface area contributed by atoms with Crippen molar-refractivity contribution in [1.82, 2.24) is 0 Å². The van der Waals surface area contributed by atoms with Crippen molar-refractivity contribution in [2.45, 2.75) is 25.9 Å². The van der Waals surface area contributed by atoms with Crippen molar-refractivity contribution >= 4 is 51.0 Å². The van der Waals surface area contributed by atoms with Crippen molar-refractivity contribution in [2.24, 2.45) is 11.8 Å². The summed E-state index contributed by atoms with van der Waals surface area (Å²) in [5.74, 6) is -1.64. The van der Waals surface area contributed by atoms with E-state index in [4.69, 9.17) is 4.74 Å². The average Bonchev–Trinajstić information content (AvgIpc) is 3.36. The molecular weight excluding hydrogens is 532 g/mol. The maximum atomic E-state index is 14.2.